The molecule has 0 spiro atoms. The average Bonchev–Trinajstić information content (AvgIpc) is 2.79. The van der Waals surface area contributed by atoms with Crippen LogP contribution in [0.15, 0.2) is 84.9 Å². The molecule has 0 heterocycles. The van der Waals surface area contributed by atoms with E-state index < -0.39 is 32.1 Å². The summed E-state index contributed by atoms with van der Waals surface area (Å²) in [5.41, 5.74) is 1.88. The van der Waals surface area contributed by atoms with Crippen LogP contribution in [0.4, 0.5) is 0 Å². The number of rotatable bonds is 9. The van der Waals surface area contributed by atoms with E-state index in [9.17, 15) is 16.8 Å². The molecule has 0 aliphatic heterocycles. The summed E-state index contributed by atoms with van der Waals surface area (Å²) < 4.78 is 57.9. The fourth-order valence-corrected chi connectivity index (χ4v) is 5.23. The molecule has 4 rings (SSSR count). The minimum absolute atomic E-state index is 0.231. The van der Waals surface area contributed by atoms with Crippen molar-refractivity contribution in [2.45, 2.75) is 5.92 Å². The summed E-state index contributed by atoms with van der Waals surface area (Å²) in [6.07, 6.45) is 1.96. The molecular weight excluding hydrogens is 472 g/mol. The lowest BCUT2D eigenvalue weighted by Gasteiger charge is -2.29. The van der Waals surface area contributed by atoms with Crippen LogP contribution in [-0.2, 0) is 28.6 Å². The van der Waals surface area contributed by atoms with E-state index in [1.807, 2.05) is 84.9 Å². The maximum atomic E-state index is 11.9. The number of fused-ring (bicyclic) bond motifs is 2. The second-order valence-electron chi connectivity index (χ2n) is 8.35. The molecule has 4 aromatic rings. The number of hydrogen-bond donors (Lipinski definition) is 0. The molecule has 0 fully saturated rings. The van der Waals surface area contributed by atoms with Crippen LogP contribution < -0.4 is 0 Å². The van der Waals surface area contributed by atoms with Gasteiger partial charge in [0.15, 0.2) is 0 Å². The third-order valence-electron chi connectivity index (χ3n) is 5.78. The van der Waals surface area contributed by atoms with E-state index >= 15 is 0 Å². The molecule has 0 N–H and O–H groups in total. The van der Waals surface area contributed by atoms with Gasteiger partial charge in [0.2, 0.25) is 0 Å². The van der Waals surface area contributed by atoms with Gasteiger partial charge in [-0.1, -0.05) is 84.9 Å². The van der Waals surface area contributed by atoms with Crippen LogP contribution in [0.5, 0.6) is 0 Å². The predicted molar refractivity (Wildman–Crippen MR) is 135 cm³/mol. The van der Waals surface area contributed by atoms with Gasteiger partial charge in [0.25, 0.3) is 20.2 Å². The first-order valence-corrected chi connectivity index (χ1v) is 14.4. The van der Waals surface area contributed by atoms with Crippen molar-refractivity contribution in [3.05, 3.63) is 96.1 Å². The third kappa shape index (κ3) is 5.82. The van der Waals surface area contributed by atoms with Crippen LogP contribution in [-0.4, -0.2) is 42.6 Å². The Bertz CT molecular complexity index is 1400. The molecule has 8 heteroatoms. The molecule has 0 aromatic heterocycles. The van der Waals surface area contributed by atoms with E-state index in [0.29, 0.717) is 0 Å². The summed E-state index contributed by atoms with van der Waals surface area (Å²) >= 11 is 0. The Morgan fingerprint density at radius 1 is 0.588 bits per heavy atom. The van der Waals surface area contributed by atoms with Gasteiger partial charge in [-0.25, -0.2) is 0 Å². The zero-order chi connectivity index (χ0) is 24.3. The molecule has 0 bridgehead atoms. The lowest BCUT2D eigenvalue weighted by molar-refractivity contribution is 0.174. The molecule has 34 heavy (non-hydrogen) atoms. The number of benzene rings is 4. The molecule has 0 atom stereocenters. The fourth-order valence-electron chi connectivity index (χ4n) is 4.38. The van der Waals surface area contributed by atoms with E-state index in [1.54, 1.807) is 0 Å². The Kier molecular flexibility index (Phi) is 7.04. The Balaban J connectivity index is 1.96. The van der Waals surface area contributed by atoms with Crippen LogP contribution >= 0.6 is 0 Å². The minimum atomic E-state index is -3.76. The highest BCUT2D eigenvalue weighted by Crippen LogP contribution is 2.40. The smallest absolute Gasteiger partial charge is 0.264 e. The van der Waals surface area contributed by atoms with E-state index in [1.165, 1.54) is 0 Å². The van der Waals surface area contributed by atoms with Gasteiger partial charge < -0.3 is 0 Å². The first kappa shape index (κ1) is 24.3. The third-order valence-corrected chi connectivity index (χ3v) is 6.91. The highest BCUT2D eigenvalue weighted by atomic mass is 32.2. The summed E-state index contributed by atoms with van der Waals surface area (Å²) in [5, 5.41) is 4.03. The monoisotopic (exact) mass is 498 g/mol. The zero-order valence-electron chi connectivity index (χ0n) is 18.9. The molecule has 6 nitrogen and oxygen atoms in total. The molecule has 4 aromatic carbocycles. The van der Waals surface area contributed by atoms with E-state index in [0.717, 1.165) is 45.2 Å². The molecule has 0 saturated carbocycles. The van der Waals surface area contributed by atoms with Crippen LogP contribution in [0.3, 0.4) is 0 Å². The highest BCUT2D eigenvalue weighted by Gasteiger charge is 2.30. The van der Waals surface area contributed by atoms with Crippen molar-refractivity contribution in [3.63, 3.8) is 0 Å². The SMILES string of the molecule is CS(=O)(=O)OCC(COS(C)(=O)=O)C(c1cccc2ccccc12)c1cccc2ccccc12. The summed E-state index contributed by atoms with van der Waals surface area (Å²) in [5.74, 6) is -1.01. The van der Waals surface area contributed by atoms with Crippen molar-refractivity contribution in [1.29, 1.82) is 0 Å². The lowest BCUT2D eigenvalue weighted by Crippen LogP contribution is -2.27. The Morgan fingerprint density at radius 2 is 0.971 bits per heavy atom. The van der Waals surface area contributed by atoms with E-state index in [4.69, 9.17) is 8.37 Å². The van der Waals surface area contributed by atoms with E-state index in [2.05, 4.69) is 0 Å². The summed E-state index contributed by atoms with van der Waals surface area (Å²) in [6.45, 7) is -0.461. The molecule has 0 saturated heterocycles. The number of hydrogen-bond acceptors (Lipinski definition) is 6. The average molecular weight is 499 g/mol. The molecule has 0 amide bonds. The predicted octanol–water partition coefficient (Wildman–Crippen LogP) is 4.69. The van der Waals surface area contributed by atoms with Gasteiger partial charge >= 0.3 is 0 Å². The van der Waals surface area contributed by atoms with Crippen molar-refractivity contribution in [2.24, 2.45) is 5.92 Å². The lowest BCUT2D eigenvalue weighted by atomic mass is 9.78. The van der Waals surface area contributed by atoms with Gasteiger partial charge in [-0.2, -0.15) is 16.8 Å². The standard InChI is InChI=1S/C26H26O6S2/c1-33(27,28)31-17-21(18-32-34(2,29)30)26(24-15-7-11-19-9-3-5-13-22(19)24)25-16-8-12-20-10-4-6-14-23(20)25/h3-16,21,26H,17-18H2,1-2H3. The second kappa shape index (κ2) is 9.84. The van der Waals surface area contributed by atoms with Crippen molar-refractivity contribution in [3.8, 4) is 0 Å². The Hall–Kier alpha value is -2.78. The fraction of sp³-hybridized carbons (Fsp3) is 0.231. The summed E-state index contributed by atoms with van der Waals surface area (Å²) in [4.78, 5) is 0. The first-order valence-electron chi connectivity index (χ1n) is 10.8. The molecular formula is C26H26O6S2. The van der Waals surface area contributed by atoms with Crippen molar-refractivity contribution in [2.75, 3.05) is 25.7 Å². The summed E-state index contributed by atoms with van der Waals surface area (Å²) in [6, 6.07) is 27.7. The van der Waals surface area contributed by atoms with Gasteiger partial charge in [-0.05, 0) is 32.7 Å². The van der Waals surface area contributed by atoms with Crippen molar-refractivity contribution < 1.29 is 25.2 Å². The quantitative estimate of drug-likeness (QED) is 0.311. The normalized spacial score (nSPS) is 12.7. The van der Waals surface area contributed by atoms with Crippen LogP contribution in [0.25, 0.3) is 21.5 Å². The summed E-state index contributed by atoms with van der Waals surface area (Å²) in [7, 11) is -7.52. The molecule has 178 valence electrons. The van der Waals surface area contributed by atoms with Gasteiger partial charge in [0, 0.05) is 11.8 Å². The zero-order valence-corrected chi connectivity index (χ0v) is 20.6. The topological polar surface area (TPSA) is 86.7 Å². The van der Waals surface area contributed by atoms with Gasteiger partial charge in [0.1, 0.15) is 0 Å². The van der Waals surface area contributed by atoms with Crippen LogP contribution in [0, 0.1) is 5.92 Å². The van der Waals surface area contributed by atoms with Gasteiger partial charge in [-0.3, -0.25) is 8.37 Å². The van der Waals surface area contributed by atoms with Crippen LogP contribution in [0.2, 0.25) is 0 Å². The maximum absolute atomic E-state index is 11.9. The van der Waals surface area contributed by atoms with E-state index in [-0.39, 0.29) is 13.2 Å². The van der Waals surface area contributed by atoms with Crippen molar-refractivity contribution in [1.82, 2.24) is 0 Å². The van der Waals surface area contributed by atoms with Crippen LogP contribution in [0.1, 0.15) is 17.0 Å². The minimum Gasteiger partial charge on any atom is -0.270 e. The van der Waals surface area contributed by atoms with Gasteiger partial charge in [-0.15, -0.1) is 0 Å². The largest absolute Gasteiger partial charge is 0.270 e. The van der Waals surface area contributed by atoms with Crippen molar-refractivity contribution >= 4 is 41.8 Å². The van der Waals surface area contributed by atoms with Gasteiger partial charge in [0.05, 0.1) is 25.7 Å². The molecule has 0 radical (unpaired) electrons. The Labute approximate surface area is 200 Å². The molecule has 0 aliphatic carbocycles. The second-order valence-corrected chi connectivity index (χ2v) is 11.6. The Morgan fingerprint density at radius 3 is 1.38 bits per heavy atom. The molecule has 0 aliphatic rings. The molecule has 0 unspecified atom stereocenters. The first-order chi connectivity index (χ1) is 16.1. The highest BCUT2D eigenvalue weighted by molar-refractivity contribution is 7.86. The maximum Gasteiger partial charge on any atom is 0.264 e.